The predicted octanol–water partition coefficient (Wildman–Crippen LogP) is 0.762. The van der Waals surface area contributed by atoms with Crippen molar-refractivity contribution in [2.24, 2.45) is 0 Å². The zero-order valence-electron chi connectivity index (χ0n) is 13.4. The molecule has 1 aliphatic carbocycles. The van der Waals surface area contributed by atoms with Crippen molar-refractivity contribution in [2.45, 2.75) is 31.7 Å². The lowest BCUT2D eigenvalue weighted by Gasteiger charge is -2.16. The van der Waals surface area contributed by atoms with E-state index in [1.54, 1.807) is 0 Å². The van der Waals surface area contributed by atoms with Gasteiger partial charge in [0.2, 0.25) is 0 Å². The fourth-order valence-corrected chi connectivity index (χ4v) is 2.70. The molecule has 0 radical (unpaired) electrons. The van der Waals surface area contributed by atoms with Crippen molar-refractivity contribution < 1.29 is 14.5 Å². The molecule has 0 heterocycles. The predicted molar refractivity (Wildman–Crippen MR) is 94.7 cm³/mol. The fourth-order valence-electron chi connectivity index (χ4n) is 2.49. The van der Waals surface area contributed by atoms with Crippen LogP contribution in [0.25, 0.3) is 0 Å². The summed E-state index contributed by atoms with van der Waals surface area (Å²) in [6, 6.07) is 5.59. The van der Waals surface area contributed by atoms with Gasteiger partial charge in [-0.2, -0.15) is 0 Å². The van der Waals surface area contributed by atoms with Gasteiger partial charge in [-0.1, -0.05) is 18.9 Å². The molecule has 9 nitrogen and oxygen atoms in total. The number of amides is 2. The van der Waals surface area contributed by atoms with E-state index in [0.29, 0.717) is 11.2 Å². The van der Waals surface area contributed by atoms with E-state index in [2.05, 4.69) is 21.5 Å². The van der Waals surface area contributed by atoms with E-state index in [-0.39, 0.29) is 17.8 Å². The molecule has 1 saturated carbocycles. The van der Waals surface area contributed by atoms with Crippen LogP contribution in [0.5, 0.6) is 0 Å². The Morgan fingerprint density at radius 3 is 2.64 bits per heavy atom. The maximum Gasteiger partial charge on any atom is 0.270 e. The zero-order chi connectivity index (χ0) is 18.2. The molecule has 0 saturated heterocycles. The summed E-state index contributed by atoms with van der Waals surface area (Å²) in [6.45, 7) is -0.291. The smallest absolute Gasteiger partial charge is 0.270 e. The number of rotatable bonds is 5. The highest BCUT2D eigenvalue weighted by Crippen LogP contribution is 2.17. The SMILES string of the molecule is O=C(CNC(=O)c1cccc([N+](=O)[O-])c1)NNC(=S)NC1CCCC1. The molecule has 1 fully saturated rings. The van der Waals surface area contributed by atoms with Gasteiger partial charge >= 0.3 is 0 Å². The summed E-state index contributed by atoms with van der Waals surface area (Å²) in [7, 11) is 0. The molecule has 0 spiro atoms. The second kappa shape index (κ2) is 8.92. The third kappa shape index (κ3) is 5.99. The third-order valence-corrected chi connectivity index (χ3v) is 3.95. The third-order valence-electron chi connectivity index (χ3n) is 3.73. The van der Waals surface area contributed by atoms with Crippen LogP contribution in [0.4, 0.5) is 5.69 Å². The molecular formula is C15H19N5O4S. The number of nitro groups is 1. The highest BCUT2D eigenvalue weighted by Gasteiger charge is 2.16. The van der Waals surface area contributed by atoms with Gasteiger partial charge in [0.25, 0.3) is 17.5 Å². The normalized spacial score (nSPS) is 13.8. The van der Waals surface area contributed by atoms with Crippen molar-refractivity contribution >= 4 is 34.8 Å². The number of hydrogen-bond acceptors (Lipinski definition) is 5. The van der Waals surface area contributed by atoms with Crippen LogP contribution in [0.3, 0.4) is 0 Å². The van der Waals surface area contributed by atoms with E-state index >= 15 is 0 Å². The minimum atomic E-state index is -0.592. The Bertz CT molecular complexity index is 676. The van der Waals surface area contributed by atoms with Crippen molar-refractivity contribution in [3.05, 3.63) is 39.9 Å². The van der Waals surface area contributed by atoms with Crippen LogP contribution < -0.4 is 21.5 Å². The molecular weight excluding hydrogens is 346 g/mol. The van der Waals surface area contributed by atoms with E-state index in [0.717, 1.165) is 31.7 Å². The van der Waals surface area contributed by atoms with Crippen LogP contribution in [0.15, 0.2) is 24.3 Å². The highest BCUT2D eigenvalue weighted by molar-refractivity contribution is 7.80. The Kier molecular flexibility index (Phi) is 6.63. The van der Waals surface area contributed by atoms with Crippen molar-refractivity contribution in [1.82, 2.24) is 21.5 Å². The molecule has 0 atom stereocenters. The molecule has 25 heavy (non-hydrogen) atoms. The Labute approximate surface area is 149 Å². The lowest BCUT2D eigenvalue weighted by molar-refractivity contribution is -0.384. The highest BCUT2D eigenvalue weighted by atomic mass is 32.1. The van der Waals surface area contributed by atoms with E-state index in [9.17, 15) is 19.7 Å². The first-order valence-electron chi connectivity index (χ1n) is 7.83. The number of nitrogens with one attached hydrogen (secondary N) is 4. The van der Waals surface area contributed by atoms with Crippen LogP contribution in [-0.2, 0) is 4.79 Å². The summed E-state index contributed by atoms with van der Waals surface area (Å²) >= 11 is 5.07. The topological polar surface area (TPSA) is 125 Å². The van der Waals surface area contributed by atoms with Crippen LogP contribution in [0.2, 0.25) is 0 Å². The van der Waals surface area contributed by atoms with Crippen molar-refractivity contribution in [3.63, 3.8) is 0 Å². The van der Waals surface area contributed by atoms with Crippen LogP contribution >= 0.6 is 12.2 Å². The molecule has 2 rings (SSSR count). The van der Waals surface area contributed by atoms with Gasteiger partial charge in [-0.3, -0.25) is 30.6 Å². The first kappa shape index (κ1) is 18.6. The first-order valence-corrected chi connectivity index (χ1v) is 8.24. The van der Waals surface area contributed by atoms with Gasteiger partial charge in [0.1, 0.15) is 0 Å². The lowest BCUT2D eigenvalue weighted by Crippen LogP contribution is -2.51. The molecule has 134 valence electrons. The quantitative estimate of drug-likeness (QED) is 0.345. The van der Waals surface area contributed by atoms with Gasteiger partial charge in [0.15, 0.2) is 5.11 Å². The van der Waals surface area contributed by atoms with Crippen molar-refractivity contribution in [1.29, 1.82) is 0 Å². The summed E-state index contributed by atoms with van der Waals surface area (Å²) in [5.41, 5.74) is 4.87. The fraction of sp³-hybridized carbons (Fsp3) is 0.400. The van der Waals surface area contributed by atoms with Crippen molar-refractivity contribution in [2.75, 3.05) is 6.54 Å². The van der Waals surface area contributed by atoms with Crippen LogP contribution in [0, 0.1) is 10.1 Å². The second-order valence-electron chi connectivity index (χ2n) is 5.62. The molecule has 1 aliphatic rings. The Balaban J connectivity index is 1.72. The molecule has 4 N–H and O–H groups in total. The van der Waals surface area contributed by atoms with Gasteiger partial charge in [0, 0.05) is 23.7 Å². The number of nitro benzene ring substituents is 1. The summed E-state index contributed by atoms with van der Waals surface area (Å²) < 4.78 is 0. The summed E-state index contributed by atoms with van der Waals surface area (Å²) in [6.07, 6.45) is 4.43. The molecule has 10 heteroatoms. The summed E-state index contributed by atoms with van der Waals surface area (Å²) in [5, 5.41) is 16.5. The first-order chi connectivity index (χ1) is 12.0. The minimum absolute atomic E-state index is 0.105. The van der Waals surface area contributed by atoms with Gasteiger partial charge in [-0.05, 0) is 31.1 Å². The summed E-state index contributed by atoms with van der Waals surface area (Å²) in [5.74, 6) is -1.07. The van der Waals surface area contributed by atoms with Crippen LogP contribution in [0.1, 0.15) is 36.0 Å². The van der Waals surface area contributed by atoms with Gasteiger partial charge in [-0.15, -0.1) is 0 Å². The molecule has 1 aromatic rings. The van der Waals surface area contributed by atoms with E-state index in [1.807, 2.05) is 0 Å². The number of thiocarbonyl (C=S) groups is 1. The van der Waals surface area contributed by atoms with Gasteiger partial charge in [0.05, 0.1) is 11.5 Å². The average Bonchev–Trinajstić information content (AvgIpc) is 3.10. The number of carbonyl (C=O) groups is 2. The molecule has 0 aromatic heterocycles. The second-order valence-corrected chi connectivity index (χ2v) is 6.03. The van der Waals surface area contributed by atoms with Gasteiger partial charge in [-0.25, -0.2) is 0 Å². The lowest BCUT2D eigenvalue weighted by atomic mass is 10.2. The van der Waals surface area contributed by atoms with Crippen molar-refractivity contribution in [3.8, 4) is 0 Å². The Morgan fingerprint density at radius 2 is 1.96 bits per heavy atom. The number of benzene rings is 1. The molecule has 0 aliphatic heterocycles. The molecule has 0 unspecified atom stereocenters. The Morgan fingerprint density at radius 1 is 1.24 bits per heavy atom. The number of nitrogens with zero attached hydrogens (tertiary/aromatic N) is 1. The molecule has 2 amide bonds. The van der Waals surface area contributed by atoms with Gasteiger partial charge < -0.3 is 10.6 Å². The Hall–Kier alpha value is -2.75. The maximum absolute atomic E-state index is 11.9. The summed E-state index contributed by atoms with van der Waals surface area (Å²) in [4.78, 5) is 33.7. The zero-order valence-corrected chi connectivity index (χ0v) is 14.2. The maximum atomic E-state index is 11.9. The number of non-ortho nitro benzene ring substituents is 1. The largest absolute Gasteiger partial charge is 0.359 e. The average molecular weight is 365 g/mol. The number of carbonyl (C=O) groups excluding carboxylic acids is 2. The van der Waals surface area contributed by atoms with E-state index in [4.69, 9.17) is 12.2 Å². The van der Waals surface area contributed by atoms with Crippen LogP contribution in [-0.4, -0.2) is 34.4 Å². The minimum Gasteiger partial charge on any atom is -0.359 e. The molecule has 1 aromatic carbocycles. The standard InChI is InChI=1S/C15H19N5O4S/c21-13(18-19-15(25)17-11-5-1-2-6-11)9-16-14(22)10-4-3-7-12(8-10)20(23)24/h3-4,7-8,11H,1-2,5-6,9H2,(H,16,22)(H,18,21)(H2,17,19,25). The number of hydrazine groups is 1. The monoisotopic (exact) mass is 365 g/mol. The van der Waals surface area contributed by atoms with E-state index in [1.165, 1.54) is 18.2 Å². The molecule has 0 bridgehead atoms. The van der Waals surface area contributed by atoms with E-state index < -0.39 is 16.7 Å². The number of hydrogen-bond donors (Lipinski definition) is 4.